The summed E-state index contributed by atoms with van der Waals surface area (Å²) in [4.78, 5) is 11.0. The highest BCUT2D eigenvalue weighted by Crippen LogP contribution is 2.31. The van der Waals surface area contributed by atoms with Gasteiger partial charge in [0.25, 0.3) is 5.95 Å². The van der Waals surface area contributed by atoms with Crippen molar-refractivity contribution in [1.29, 1.82) is 0 Å². The smallest absolute Gasteiger partial charge is 0.250 e. The summed E-state index contributed by atoms with van der Waals surface area (Å²) in [7, 11) is 0. The Morgan fingerprint density at radius 1 is 1.07 bits per heavy atom. The van der Waals surface area contributed by atoms with Gasteiger partial charge in [0.1, 0.15) is 0 Å². The molecule has 0 bridgehead atoms. The first kappa shape index (κ1) is 20.1. The van der Waals surface area contributed by atoms with Gasteiger partial charge in [-0.15, -0.1) is 0 Å². The van der Waals surface area contributed by atoms with Crippen LogP contribution in [0.5, 0.6) is 0 Å². The van der Waals surface area contributed by atoms with Gasteiger partial charge in [-0.2, -0.15) is 5.10 Å². The van der Waals surface area contributed by atoms with Crippen LogP contribution >= 0.6 is 23.2 Å². The molecule has 29 heavy (non-hydrogen) atoms. The lowest BCUT2D eigenvalue weighted by molar-refractivity contribution is 0.233. The third-order valence-electron chi connectivity index (χ3n) is 5.39. The van der Waals surface area contributed by atoms with Gasteiger partial charge >= 0.3 is 0 Å². The van der Waals surface area contributed by atoms with E-state index in [0.29, 0.717) is 11.9 Å². The highest BCUT2D eigenvalue weighted by atomic mass is 35.5. The van der Waals surface area contributed by atoms with Crippen molar-refractivity contribution in [3.8, 4) is 5.95 Å². The van der Waals surface area contributed by atoms with Crippen molar-refractivity contribution in [1.82, 2.24) is 24.6 Å². The summed E-state index contributed by atoms with van der Waals surface area (Å²) in [5, 5.41) is 5.85. The summed E-state index contributed by atoms with van der Waals surface area (Å²) in [6, 6.07) is 7.68. The number of piperidine rings is 1. The van der Waals surface area contributed by atoms with Gasteiger partial charge < -0.3 is 0 Å². The van der Waals surface area contributed by atoms with Crippen LogP contribution in [-0.4, -0.2) is 44.3 Å². The van der Waals surface area contributed by atoms with Crippen LogP contribution in [0.15, 0.2) is 48.9 Å². The predicted octanol–water partition coefficient (Wildman–Crippen LogP) is 5.17. The molecule has 0 N–H and O–H groups in total. The highest BCUT2D eigenvalue weighted by molar-refractivity contribution is 6.34. The zero-order valence-corrected chi connectivity index (χ0v) is 17.8. The Balaban J connectivity index is 1.33. The van der Waals surface area contributed by atoms with Crippen molar-refractivity contribution < 1.29 is 0 Å². The second-order valence-electron chi connectivity index (χ2n) is 7.33. The van der Waals surface area contributed by atoms with E-state index in [1.54, 1.807) is 29.2 Å². The number of aromatic nitrogens is 4. The minimum Gasteiger partial charge on any atom is -0.300 e. The van der Waals surface area contributed by atoms with Crippen molar-refractivity contribution in [3.05, 3.63) is 75.8 Å². The molecule has 0 atom stereocenters. The number of likely N-dealkylation sites (tertiary alicyclic amines) is 1. The molecule has 1 aliphatic rings. The number of benzene rings is 1. The van der Waals surface area contributed by atoms with Gasteiger partial charge in [-0.1, -0.05) is 35.4 Å². The molecule has 3 aromatic rings. The molecule has 0 radical (unpaired) electrons. The van der Waals surface area contributed by atoms with Crippen LogP contribution in [0.3, 0.4) is 0 Å². The number of hydrogen-bond donors (Lipinski definition) is 0. The first-order valence-corrected chi connectivity index (χ1v) is 10.5. The third kappa shape index (κ3) is 4.86. The van der Waals surface area contributed by atoms with Crippen molar-refractivity contribution in [2.75, 3.05) is 19.6 Å². The molecule has 3 heterocycles. The first-order valence-electron chi connectivity index (χ1n) is 9.77. The van der Waals surface area contributed by atoms with Gasteiger partial charge in [0, 0.05) is 34.5 Å². The third-order valence-corrected chi connectivity index (χ3v) is 5.83. The zero-order chi connectivity index (χ0) is 20.2. The average molecular weight is 428 g/mol. The lowest BCUT2D eigenvalue weighted by Gasteiger charge is -2.31. The zero-order valence-electron chi connectivity index (χ0n) is 16.3. The fourth-order valence-corrected chi connectivity index (χ4v) is 4.32. The molecular formula is C22H23Cl2N5. The molecular weight excluding hydrogens is 405 g/mol. The van der Waals surface area contributed by atoms with Crippen molar-refractivity contribution in [2.24, 2.45) is 0 Å². The summed E-state index contributed by atoms with van der Waals surface area (Å²) in [5.74, 6) is 1.12. The minimum absolute atomic E-state index is 0.526. The second-order valence-corrected chi connectivity index (χ2v) is 8.20. The highest BCUT2D eigenvalue weighted by Gasteiger charge is 2.20. The molecule has 5 nitrogen and oxygen atoms in total. The molecule has 1 fully saturated rings. The van der Waals surface area contributed by atoms with E-state index in [0.717, 1.165) is 53.8 Å². The van der Waals surface area contributed by atoms with Crippen molar-refractivity contribution in [3.63, 3.8) is 0 Å². The van der Waals surface area contributed by atoms with E-state index in [1.165, 1.54) is 5.56 Å². The number of halogens is 2. The SMILES string of the molecule is Cc1c(/C=C/CN2CCC(c3cc(Cl)cc(Cl)c3)CC2)cnn1-c1ncccn1. The topological polar surface area (TPSA) is 46.8 Å². The van der Waals surface area contributed by atoms with Gasteiger partial charge in [-0.25, -0.2) is 14.6 Å². The van der Waals surface area contributed by atoms with E-state index >= 15 is 0 Å². The van der Waals surface area contributed by atoms with Gasteiger partial charge in [0.15, 0.2) is 0 Å². The number of nitrogens with zero attached hydrogens (tertiary/aromatic N) is 5. The molecule has 150 valence electrons. The normalized spacial score (nSPS) is 16.0. The summed E-state index contributed by atoms with van der Waals surface area (Å²) in [6.07, 6.45) is 11.9. The fraction of sp³-hybridized carbons (Fsp3) is 0.318. The van der Waals surface area contributed by atoms with Crippen LogP contribution in [0.4, 0.5) is 0 Å². The fourth-order valence-electron chi connectivity index (χ4n) is 3.78. The van der Waals surface area contributed by atoms with Crippen molar-refractivity contribution >= 4 is 29.3 Å². The molecule has 1 aliphatic heterocycles. The van der Waals surface area contributed by atoms with E-state index in [4.69, 9.17) is 23.2 Å². The Labute approximate surface area is 181 Å². The monoisotopic (exact) mass is 427 g/mol. The van der Waals surface area contributed by atoms with Gasteiger partial charge in [-0.3, -0.25) is 4.90 Å². The molecule has 7 heteroatoms. The van der Waals surface area contributed by atoms with Crippen LogP contribution in [0.25, 0.3) is 12.0 Å². The Morgan fingerprint density at radius 3 is 2.45 bits per heavy atom. The minimum atomic E-state index is 0.526. The molecule has 4 rings (SSSR count). The number of hydrogen-bond acceptors (Lipinski definition) is 4. The second kappa shape index (κ2) is 9.08. The molecule has 1 aromatic carbocycles. The Bertz CT molecular complexity index is 971. The van der Waals surface area contributed by atoms with E-state index in [-0.39, 0.29) is 0 Å². The van der Waals surface area contributed by atoms with Gasteiger partial charge in [-0.05, 0) is 68.6 Å². The van der Waals surface area contributed by atoms with Crippen LogP contribution in [-0.2, 0) is 0 Å². The Kier molecular flexibility index (Phi) is 6.28. The number of rotatable bonds is 5. The Morgan fingerprint density at radius 2 is 1.76 bits per heavy atom. The van der Waals surface area contributed by atoms with Crippen LogP contribution < -0.4 is 0 Å². The standard InChI is InChI=1S/C22H23Cl2N5/c1-16-18(15-27-29(16)22-25-7-3-8-26-22)4-2-9-28-10-5-17(6-11-28)19-12-20(23)14-21(24)13-19/h2-4,7-8,12-15,17H,5-6,9-11H2,1H3/b4-2+. The maximum atomic E-state index is 6.16. The molecule has 0 unspecified atom stereocenters. The molecule has 0 spiro atoms. The van der Waals surface area contributed by atoms with E-state index in [1.807, 2.05) is 25.3 Å². The van der Waals surface area contributed by atoms with Gasteiger partial charge in [0.2, 0.25) is 0 Å². The van der Waals surface area contributed by atoms with E-state index in [2.05, 4.69) is 32.1 Å². The molecule has 0 amide bonds. The lowest BCUT2D eigenvalue weighted by atomic mass is 9.89. The summed E-state index contributed by atoms with van der Waals surface area (Å²) < 4.78 is 1.77. The summed E-state index contributed by atoms with van der Waals surface area (Å²) in [6.45, 7) is 5.09. The van der Waals surface area contributed by atoms with Crippen molar-refractivity contribution in [2.45, 2.75) is 25.7 Å². The summed E-state index contributed by atoms with van der Waals surface area (Å²) in [5.41, 5.74) is 3.37. The average Bonchev–Trinajstić information content (AvgIpc) is 3.09. The predicted molar refractivity (Wildman–Crippen MR) is 118 cm³/mol. The molecule has 0 aliphatic carbocycles. The van der Waals surface area contributed by atoms with E-state index in [9.17, 15) is 0 Å². The summed E-state index contributed by atoms with van der Waals surface area (Å²) >= 11 is 12.3. The maximum absolute atomic E-state index is 6.16. The molecule has 2 aromatic heterocycles. The Hall–Kier alpha value is -2.21. The largest absolute Gasteiger partial charge is 0.300 e. The van der Waals surface area contributed by atoms with Crippen LogP contribution in [0.2, 0.25) is 10.0 Å². The molecule has 0 saturated carbocycles. The first-order chi connectivity index (χ1) is 14.1. The quantitative estimate of drug-likeness (QED) is 0.563. The maximum Gasteiger partial charge on any atom is 0.250 e. The lowest BCUT2D eigenvalue weighted by Crippen LogP contribution is -2.33. The molecule has 1 saturated heterocycles. The van der Waals surface area contributed by atoms with E-state index < -0.39 is 0 Å². The van der Waals surface area contributed by atoms with Crippen LogP contribution in [0, 0.1) is 6.92 Å². The van der Waals surface area contributed by atoms with Crippen LogP contribution in [0.1, 0.15) is 35.6 Å². The van der Waals surface area contributed by atoms with Gasteiger partial charge in [0.05, 0.1) is 11.9 Å².